The molecular formula is C19H19FN2OS. The number of anilines is 1. The highest BCUT2D eigenvalue weighted by Gasteiger charge is 2.27. The molecule has 0 bridgehead atoms. The van der Waals surface area contributed by atoms with Crippen LogP contribution < -0.4 is 10.6 Å². The monoisotopic (exact) mass is 342 g/mol. The van der Waals surface area contributed by atoms with Crippen LogP contribution in [-0.4, -0.2) is 18.2 Å². The van der Waals surface area contributed by atoms with Crippen LogP contribution in [0.2, 0.25) is 0 Å². The van der Waals surface area contributed by atoms with Gasteiger partial charge in [0.15, 0.2) is 0 Å². The van der Waals surface area contributed by atoms with Crippen LogP contribution in [0.4, 0.5) is 10.1 Å². The number of thioether (sulfide) groups is 1. The molecule has 0 saturated heterocycles. The van der Waals surface area contributed by atoms with Crippen molar-refractivity contribution in [1.82, 2.24) is 5.32 Å². The lowest BCUT2D eigenvalue weighted by atomic mass is 9.90. The summed E-state index contributed by atoms with van der Waals surface area (Å²) in [6.45, 7) is 0.718. The molecule has 0 saturated carbocycles. The van der Waals surface area contributed by atoms with E-state index in [9.17, 15) is 9.18 Å². The lowest BCUT2D eigenvalue weighted by molar-refractivity contribution is -0.116. The number of amides is 1. The van der Waals surface area contributed by atoms with E-state index in [1.807, 2.05) is 24.3 Å². The Morgan fingerprint density at radius 1 is 1.21 bits per heavy atom. The SMILES string of the molecule is O=C1C[C@@H](CN[C@@H]2CCSc3ccc(F)cc32)c2ccccc2N1. The first-order chi connectivity index (χ1) is 11.7. The summed E-state index contributed by atoms with van der Waals surface area (Å²) < 4.78 is 13.6. The highest BCUT2D eigenvalue weighted by molar-refractivity contribution is 7.99. The zero-order valence-corrected chi connectivity index (χ0v) is 14.0. The molecule has 0 aliphatic carbocycles. The minimum Gasteiger partial charge on any atom is -0.326 e. The Morgan fingerprint density at radius 2 is 2.08 bits per heavy atom. The maximum absolute atomic E-state index is 13.6. The maximum Gasteiger partial charge on any atom is 0.225 e. The fraction of sp³-hybridized carbons (Fsp3) is 0.316. The number of rotatable bonds is 3. The van der Waals surface area contributed by atoms with Crippen molar-refractivity contribution in [3.05, 3.63) is 59.4 Å². The lowest BCUT2D eigenvalue weighted by Gasteiger charge is -2.30. The van der Waals surface area contributed by atoms with Crippen molar-refractivity contribution in [3.63, 3.8) is 0 Å². The number of fused-ring (bicyclic) bond motifs is 2. The predicted molar refractivity (Wildman–Crippen MR) is 94.9 cm³/mol. The Balaban J connectivity index is 1.52. The van der Waals surface area contributed by atoms with E-state index in [2.05, 4.69) is 16.7 Å². The molecule has 0 radical (unpaired) electrons. The first-order valence-electron chi connectivity index (χ1n) is 8.25. The van der Waals surface area contributed by atoms with Gasteiger partial charge in [-0.05, 0) is 47.6 Å². The van der Waals surface area contributed by atoms with E-state index in [0.29, 0.717) is 6.42 Å². The van der Waals surface area contributed by atoms with Gasteiger partial charge in [-0.2, -0.15) is 0 Å². The highest BCUT2D eigenvalue weighted by Crippen LogP contribution is 2.37. The Bertz CT molecular complexity index is 780. The van der Waals surface area contributed by atoms with E-state index in [4.69, 9.17) is 0 Å². The van der Waals surface area contributed by atoms with Gasteiger partial charge in [0, 0.05) is 35.5 Å². The molecule has 2 heterocycles. The van der Waals surface area contributed by atoms with Crippen LogP contribution in [0.15, 0.2) is 47.4 Å². The van der Waals surface area contributed by atoms with Gasteiger partial charge in [0.2, 0.25) is 5.91 Å². The summed E-state index contributed by atoms with van der Waals surface area (Å²) >= 11 is 1.78. The molecule has 2 N–H and O–H groups in total. The molecule has 0 unspecified atom stereocenters. The molecule has 0 fully saturated rings. The zero-order chi connectivity index (χ0) is 16.5. The van der Waals surface area contributed by atoms with Gasteiger partial charge in [0.05, 0.1) is 0 Å². The molecule has 2 aromatic carbocycles. The molecule has 2 atom stereocenters. The van der Waals surface area contributed by atoms with E-state index < -0.39 is 0 Å². The molecule has 24 heavy (non-hydrogen) atoms. The largest absolute Gasteiger partial charge is 0.326 e. The minimum atomic E-state index is -0.189. The smallest absolute Gasteiger partial charge is 0.225 e. The number of carbonyl (C=O) groups excluding carboxylic acids is 1. The lowest BCUT2D eigenvalue weighted by Crippen LogP contribution is -2.33. The Morgan fingerprint density at radius 3 is 3.00 bits per heavy atom. The van der Waals surface area contributed by atoms with Gasteiger partial charge in [-0.25, -0.2) is 4.39 Å². The molecular weight excluding hydrogens is 323 g/mol. The summed E-state index contributed by atoms with van der Waals surface area (Å²) in [5.74, 6) is 1.05. The van der Waals surface area contributed by atoms with Crippen molar-refractivity contribution in [3.8, 4) is 0 Å². The summed E-state index contributed by atoms with van der Waals surface area (Å²) in [5.41, 5.74) is 3.13. The number of para-hydroxylation sites is 1. The third-order valence-corrected chi connectivity index (χ3v) is 5.85. The topological polar surface area (TPSA) is 41.1 Å². The van der Waals surface area contributed by atoms with Crippen LogP contribution >= 0.6 is 11.8 Å². The molecule has 0 spiro atoms. The normalized spacial score (nSPS) is 22.5. The van der Waals surface area contributed by atoms with E-state index in [-0.39, 0.29) is 23.7 Å². The second-order valence-electron chi connectivity index (χ2n) is 6.32. The number of carbonyl (C=O) groups is 1. The van der Waals surface area contributed by atoms with Crippen molar-refractivity contribution in [1.29, 1.82) is 0 Å². The maximum atomic E-state index is 13.6. The standard InChI is InChI=1S/C19H19FN2OS/c20-13-5-6-18-15(10-13)16(7-8-24-18)21-11-12-9-19(23)22-17-4-2-1-3-14(12)17/h1-6,10,12,16,21H,7-9,11H2,(H,22,23)/t12-,16+/m0/s1. The average molecular weight is 342 g/mol. The summed E-state index contributed by atoms with van der Waals surface area (Å²) in [6.07, 6.45) is 1.46. The molecule has 0 aromatic heterocycles. The number of hydrogen-bond acceptors (Lipinski definition) is 3. The van der Waals surface area contributed by atoms with Gasteiger partial charge in [0.25, 0.3) is 0 Å². The Labute approximate surface area is 145 Å². The van der Waals surface area contributed by atoms with Crippen LogP contribution in [0, 0.1) is 5.82 Å². The minimum absolute atomic E-state index is 0.0612. The summed E-state index contributed by atoms with van der Waals surface area (Å²) in [7, 11) is 0. The number of hydrogen-bond donors (Lipinski definition) is 2. The molecule has 124 valence electrons. The second kappa shape index (κ2) is 6.57. The predicted octanol–water partition coefficient (Wildman–Crippen LogP) is 4.08. The molecule has 5 heteroatoms. The Kier molecular flexibility index (Phi) is 4.29. The summed E-state index contributed by atoms with van der Waals surface area (Å²) in [5, 5.41) is 6.51. The fourth-order valence-electron chi connectivity index (χ4n) is 3.55. The zero-order valence-electron chi connectivity index (χ0n) is 13.2. The first-order valence-corrected chi connectivity index (χ1v) is 9.23. The van der Waals surface area contributed by atoms with Gasteiger partial charge >= 0.3 is 0 Å². The molecule has 1 amide bonds. The van der Waals surface area contributed by atoms with Crippen molar-refractivity contribution in [2.75, 3.05) is 17.6 Å². The quantitative estimate of drug-likeness (QED) is 0.883. The van der Waals surface area contributed by atoms with Crippen molar-refractivity contribution < 1.29 is 9.18 Å². The fourth-order valence-corrected chi connectivity index (χ4v) is 4.65. The van der Waals surface area contributed by atoms with Crippen molar-refractivity contribution in [2.24, 2.45) is 0 Å². The number of halogens is 1. The van der Waals surface area contributed by atoms with Crippen LogP contribution in [0.3, 0.4) is 0 Å². The van der Waals surface area contributed by atoms with E-state index in [1.165, 1.54) is 11.6 Å². The average Bonchev–Trinajstić information content (AvgIpc) is 2.59. The molecule has 4 rings (SSSR count). The molecule has 3 nitrogen and oxygen atoms in total. The first kappa shape index (κ1) is 15.7. The summed E-state index contributed by atoms with van der Waals surface area (Å²) in [6, 6.07) is 13.1. The van der Waals surface area contributed by atoms with Gasteiger partial charge in [-0.15, -0.1) is 11.8 Å². The third kappa shape index (κ3) is 3.06. The van der Waals surface area contributed by atoms with E-state index in [0.717, 1.165) is 34.9 Å². The van der Waals surface area contributed by atoms with Gasteiger partial charge in [0.1, 0.15) is 5.82 Å². The van der Waals surface area contributed by atoms with Crippen LogP contribution in [0.1, 0.15) is 35.9 Å². The van der Waals surface area contributed by atoms with Crippen molar-refractivity contribution in [2.45, 2.75) is 29.7 Å². The molecule has 2 aromatic rings. The number of nitrogens with one attached hydrogen (secondary N) is 2. The van der Waals surface area contributed by atoms with Crippen LogP contribution in [-0.2, 0) is 4.79 Å². The second-order valence-corrected chi connectivity index (χ2v) is 7.45. The Hall–Kier alpha value is -1.85. The molecule has 2 aliphatic rings. The molecule has 2 aliphatic heterocycles. The van der Waals surface area contributed by atoms with Gasteiger partial charge < -0.3 is 10.6 Å². The van der Waals surface area contributed by atoms with Crippen LogP contribution in [0.25, 0.3) is 0 Å². The van der Waals surface area contributed by atoms with Gasteiger partial charge in [-0.1, -0.05) is 18.2 Å². The highest BCUT2D eigenvalue weighted by atomic mass is 32.2. The summed E-state index contributed by atoms with van der Waals surface area (Å²) in [4.78, 5) is 13.1. The van der Waals surface area contributed by atoms with E-state index in [1.54, 1.807) is 17.8 Å². The van der Waals surface area contributed by atoms with Crippen LogP contribution in [0.5, 0.6) is 0 Å². The van der Waals surface area contributed by atoms with Crippen molar-refractivity contribution >= 4 is 23.4 Å². The third-order valence-electron chi connectivity index (χ3n) is 4.73. The number of benzene rings is 2. The van der Waals surface area contributed by atoms with Gasteiger partial charge in [-0.3, -0.25) is 4.79 Å². The van der Waals surface area contributed by atoms with E-state index >= 15 is 0 Å².